The fourth-order valence-corrected chi connectivity index (χ4v) is 3.93. The van der Waals surface area contributed by atoms with Crippen molar-refractivity contribution in [3.05, 3.63) is 114 Å². The fourth-order valence-electron chi connectivity index (χ4n) is 3.93. The van der Waals surface area contributed by atoms with Gasteiger partial charge in [0.1, 0.15) is 5.82 Å². The summed E-state index contributed by atoms with van der Waals surface area (Å²) in [5.41, 5.74) is 4.23. The molecule has 2 N–H and O–H groups in total. The monoisotopic (exact) mass is 422 g/mol. The van der Waals surface area contributed by atoms with Crippen molar-refractivity contribution in [1.82, 2.24) is 15.1 Å². The lowest BCUT2D eigenvalue weighted by Gasteiger charge is -2.20. The van der Waals surface area contributed by atoms with E-state index in [4.69, 9.17) is 5.10 Å². The Bertz CT molecular complexity index is 1130. The molecular weight excluding hydrogens is 396 g/mol. The van der Waals surface area contributed by atoms with E-state index >= 15 is 0 Å². The van der Waals surface area contributed by atoms with Gasteiger partial charge in [-0.25, -0.2) is 4.68 Å². The molecule has 0 saturated heterocycles. The molecule has 5 heteroatoms. The summed E-state index contributed by atoms with van der Waals surface area (Å²) in [6, 6.07) is 32.3. The molecule has 1 fully saturated rings. The number of hydrogen-bond donors (Lipinski definition) is 2. The van der Waals surface area contributed by atoms with Gasteiger partial charge in [0.15, 0.2) is 0 Å². The Labute approximate surface area is 188 Å². The summed E-state index contributed by atoms with van der Waals surface area (Å²) in [7, 11) is 0. The maximum atomic E-state index is 12.9. The number of anilines is 1. The highest BCUT2D eigenvalue weighted by atomic mass is 16.2. The Morgan fingerprint density at radius 2 is 1.44 bits per heavy atom. The van der Waals surface area contributed by atoms with Crippen LogP contribution in [0.25, 0.3) is 5.69 Å². The van der Waals surface area contributed by atoms with E-state index in [0.717, 1.165) is 35.3 Å². The molecule has 4 aromatic rings. The molecule has 3 aromatic carbocycles. The van der Waals surface area contributed by atoms with Crippen molar-refractivity contribution in [2.24, 2.45) is 0 Å². The van der Waals surface area contributed by atoms with Gasteiger partial charge in [-0.2, -0.15) is 5.10 Å². The first-order valence-electron chi connectivity index (χ1n) is 11.1. The van der Waals surface area contributed by atoms with Crippen molar-refractivity contribution in [1.29, 1.82) is 0 Å². The third-order valence-electron chi connectivity index (χ3n) is 5.72. The van der Waals surface area contributed by atoms with Crippen LogP contribution in [-0.4, -0.2) is 22.2 Å². The van der Waals surface area contributed by atoms with Crippen LogP contribution in [0.2, 0.25) is 0 Å². The molecule has 1 aromatic heterocycles. The van der Waals surface area contributed by atoms with E-state index in [-0.39, 0.29) is 18.5 Å². The molecule has 0 radical (unpaired) electrons. The van der Waals surface area contributed by atoms with Gasteiger partial charge in [0.2, 0.25) is 5.91 Å². The van der Waals surface area contributed by atoms with Crippen molar-refractivity contribution in [2.75, 3.05) is 11.9 Å². The second kappa shape index (κ2) is 9.20. The predicted octanol–water partition coefficient (Wildman–Crippen LogP) is 5.07. The van der Waals surface area contributed by atoms with E-state index in [1.165, 1.54) is 0 Å². The van der Waals surface area contributed by atoms with Gasteiger partial charge in [-0.05, 0) is 36.1 Å². The van der Waals surface area contributed by atoms with Crippen molar-refractivity contribution in [3.8, 4) is 5.69 Å². The number of hydrogen-bond acceptors (Lipinski definition) is 3. The maximum absolute atomic E-state index is 12.9. The molecule has 160 valence electrons. The first kappa shape index (κ1) is 20.2. The standard InChI is InChI=1S/C27H26N4O/c32-26(19-28-27(21-10-4-1-5-11-21)22-12-6-2-7-13-22)29-25-18-24(20-16-17-20)30-31(25)23-14-8-3-9-15-23/h1-15,18,20,27-28H,16-17,19H2,(H,29,32). The normalized spacial score (nSPS) is 13.3. The molecule has 1 amide bonds. The molecule has 5 rings (SSSR count). The third kappa shape index (κ3) is 4.63. The minimum atomic E-state index is -0.0960. The highest BCUT2D eigenvalue weighted by molar-refractivity contribution is 5.91. The smallest absolute Gasteiger partial charge is 0.239 e. The van der Waals surface area contributed by atoms with Gasteiger partial charge < -0.3 is 5.32 Å². The third-order valence-corrected chi connectivity index (χ3v) is 5.72. The van der Waals surface area contributed by atoms with E-state index in [1.54, 1.807) is 0 Å². The molecule has 32 heavy (non-hydrogen) atoms. The predicted molar refractivity (Wildman–Crippen MR) is 127 cm³/mol. The molecule has 0 aliphatic heterocycles. The van der Waals surface area contributed by atoms with Crippen LogP contribution in [0.1, 0.15) is 41.6 Å². The average molecular weight is 423 g/mol. The summed E-state index contributed by atoms with van der Waals surface area (Å²) in [5, 5.41) is 11.3. The Morgan fingerprint density at radius 3 is 2.00 bits per heavy atom. The largest absolute Gasteiger partial charge is 0.309 e. The lowest BCUT2D eigenvalue weighted by Crippen LogP contribution is -2.32. The number of para-hydroxylation sites is 1. The highest BCUT2D eigenvalue weighted by Gasteiger charge is 2.28. The topological polar surface area (TPSA) is 59.0 Å². The summed E-state index contributed by atoms with van der Waals surface area (Å²) in [6.45, 7) is 0.188. The SMILES string of the molecule is O=C(CNC(c1ccccc1)c1ccccc1)Nc1cc(C2CC2)nn1-c1ccccc1. The number of nitrogens with one attached hydrogen (secondary N) is 2. The molecule has 0 unspecified atom stereocenters. The average Bonchev–Trinajstić information content (AvgIpc) is 3.62. The summed E-state index contributed by atoms with van der Waals surface area (Å²) in [4.78, 5) is 12.9. The number of carbonyl (C=O) groups is 1. The first-order chi connectivity index (χ1) is 15.8. The van der Waals surface area contributed by atoms with Gasteiger partial charge >= 0.3 is 0 Å². The highest BCUT2D eigenvalue weighted by Crippen LogP contribution is 2.40. The number of nitrogens with zero attached hydrogens (tertiary/aromatic N) is 2. The quantitative estimate of drug-likeness (QED) is 0.417. The van der Waals surface area contributed by atoms with E-state index in [1.807, 2.05) is 77.5 Å². The first-order valence-corrected chi connectivity index (χ1v) is 11.1. The Morgan fingerprint density at radius 1 is 0.875 bits per heavy atom. The summed E-state index contributed by atoms with van der Waals surface area (Å²) in [6.07, 6.45) is 2.33. The minimum absolute atomic E-state index is 0.0655. The molecular formula is C27H26N4O. The molecule has 1 aliphatic carbocycles. The zero-order valence-corrected chi connectivity index (χ0v) is 17.8. The lowest BCUT2D eigenvalue weighted by atomic mass is 9.99. The van der Waals surface area contributed by atoms with Crippen LogP contribution >= 0.6 is 0 Å². The van der Waals surface area contributed by atoms with Crippen LogP contribution in [-0.2, 0) is 4.79 Å². The Balaban J connectivity index is 1.33. The number of rotatable bonds is 8. The zero-order valence-electron chi connectivity index (χ0n) is 17.8. The van der Waals surface area contributed by atoms with Crippen molar-refractivity contribution in [2.45, 2.75) is 24.8 Å². The van der Waals surface area contributed by atoms with Gasteiger partial charge in [0.25, 0.3) is 0 Å². The number of benzene rings is 3. The van der Waals surface area contributed by atoms with E-state index in [2.05, 4.69) is 34.9 Å². The van der Waals surface area contributed by atoms with Crippen LogP contribution in [0.5, 0.6) is 0 Å². The van der Waals surface area contributed by atoms with Crippen molar-refractivity contribution >= 4 is 11.7 Å². The van der Waals surface area contributed by atoms with E-state index < -0.39 is 0 Å². The van der Waals surface area contributed by atoms with Crippen molar-refractivity contribution in [3.63, 3.8) is 0 Å². The van der Waals surface area contributed by atoms with Crippen molar-refractivity contribution < 1.29 is 4.79 Å². The second-order valence-electron chi connectivity index (χ2n) is 8.16. The summed E-state index contributed by atoms with van der Waals surface area (Å²) < 4.78 is 1.83. The zero-order chi connectivity index (χ0) is 21.8. The molecule has 1 aliphatic rings. The number of amides is 1. The Hall–Kier alpha value is -3.70. The number of aromatic nitrogens is 2. The van der Waals surface area contributed by atoms with Crippen LogP contribution < -0.4 is 10.6 Å². The van der Waals surface area contributed by atoms with E-state index in [0.29, 0.717) is 11.7 Å². The maximum Gasteiger partial charge on any atom is 0.239 e. The Kier molecular flexibility index (Phi) is 5.81. The molecule has 5 nitrogen and oxygen atoms in total. The molecule has 0 spiro atoms. The van der Waals surface area contributed by atoms with Gasteiger partial charge in [-0.15, -0.1) is 0 Å². The van der Waals surface area contributed by atoms with Crippen LogP contribution in [0.4, 0.5) is 5.82 Å². The summed E-state index contributed by atoms with van der Waals surface area (Å²) >= 11 is 0. The van der Waals surface area contributed by atoms with Crippen LogP contribution in [0.3, 0.4) is 0 Å². The second-order valence-corrected chi connectivity index (χ2v) is 8.16. The fraction of sp³-hybridized carbons (Fsp3) is 0.185. The lowest BCUT2D eigenvalue weighted by molar-refractivity contribution is -0.115. The molecule has 1 heterocycles. The molecule has 0 atom stereocenters. The van der Waals surface area contributed by atoms with Gasteiger partial charge in [-0.3, -0.25) is 10.1 Å². The minimum Gasteiger partial charge on any atom is -0.309 e. The van der Waals surface area contributed by atoms with Gasteiger partial charge in [-0.1, -0.05) is 78.9 Å². The van der Waals surface area contributed by atoms with E-state index in [9.17, 15) is 4.79 Å². The molecule has 0 bridgehead atoms. The van der Waals surface area contributed by atoms with Crippen LogP contribution in [0.15, 0.2) is 97.1 Å². The summed E-state index contributed by atoms with van der Waals surface area (Å²) in [5.74, 6) is 1.12. The van der Waals surface area contributed by atoms with Gasteiger partial charge in [0.05, 0.1) is 24.0 Å². The van der Waals surface area contributed by atoms with Gasteiger partial charge in [0, 0.05) is 12.0 Å². The van der Waals surface area contributed by atoms with Crippen LogP contribution in [0, 0.1) is 0 Å². The molecule has 1 saturated carbocycles. The number of carbonyl (C=O) groups excluding carboxylic acids is 1.